The first-order valence-electron chi connectivity index (χ1n) is 10.1. The van der Waals surface area contributed by atoms with Gasteiger partial charge >= 0.3 is 6.03 Å². The van der Waals surface area contributed by atoms with Crippen LogP contribution in [-0.2, 0) is 7.05 Å². The molecule has 0 unspecified atom stereocenters. The summed E-state index contributed by atoms with van der Waals surface area (Å²) in [5, 5.41) is 12.7. The van der Waals surface area contributed by atoms with Gasteiger partial charge in [0.1, 0.15) is 11.4 Å². The molecule has 2 heterocycles. The molecule has 4 aromatic rings. The number of amides is 3. The quantitative estimate of drug-likeness (QED) is 0.429. The number of nitrogens with one attached hydrogen (secondary N) is 3. The SMILES string of the molecule is Cc1ccc(C)n1-c1c(C(=O)Nc2cccc(NC(=O)Nc3ccccc3)c2)cnn1C. The molecule has 2 aromatic carbocycles. The van der Waals surface area contributed by atoms with Crippen molar-refractivity contribution in [3.8, 4) is 5.82 Å². The van der Waals surface area contributed by atoms with E-state index in [1.165, 1.54) is 0 Å². The lowest BCUT2D eigenvalue weighted by Crippen LogP contribution is -2.19. The van der Waals surface area contributed by atoms with Gasteiger partial charge in [-0.1, -0.05) is 24.3 Å². The molecule has 0 saturated carbocycles. The molecule has 0 aliphatic heterocycles. The van der Waals surface area contributed by atoms with Crippen LogP contribution in [0.5, 0.6) is 0 Å². The second-order valence-electron chi connectivity index (χ2n) is 7.44. The summed E-state index contributed by atoms with van der Waals surface area (Å²) in [5.41, 5.74) is 4.28. The highest BCUT2D eigenvalue weighted by atomic mass is 16.2. The number of aromatic nitrogens is 3. The summed E-state index contributed by atoms with van der Waals surface area (Å²) in [6.45, 7) is 3.97. The highest BCUT2D eigenvalue weighted by Crippen LogP contribution is 2.22. The lowest BCUT2D eigenvalue weighted by atomic mass is 10.2. The Labute approximate surface area is 185 Å². The van der Waals surface area contributed by atoms with Crippen LogP contribution in [0.25, 0.3) is 5.82 Å². The van der Waals surface area contributed by atoms with Crippen molar-refractivity contribution in [2.24, 2.45) is 7.05 Å². The Hall–Kier alpha value is -4.33. The first-order valence-corrected chi connectivity index (χ1v) is 10.1. The van der Waals surface area contributed by atoms with Gasteiger partial charge in [-0.3, -0.25) is 9.48 Å². The van der Waals surface area contributed by atoms with E-state index in [2.05, 4.69) is 21.0 Å². The molecule has 0 aliphatic rings. The number of hydrogen-bond donors (Lipinski definition) is 3. The molecule has 0 radical (unpaired) electrons. The minimum absolute atomic E-state index is 0.286. The summed E-state index contributed by atoms with van der Waals surface area (Å²) in [6.07, 6.45) is 1.55. The van der Waals surface area contributed by atoms with Gasteiger partial charge in [0.2, 0.25) is 0 Å². The molecule has 3 N–H and O–H groups in total. The molecule has 8 nitrogen and oxygen atoms in total. The number of nitrogens with zero attached hydrogens (tertiary/aromatic N) is 3. The van der Waals surface area contributed by atoms with Gasteiger partial charge in [-0.2, -0.15) is 5.10 Å². The second-order valence-corrected chi connectivity index (χ2v) is 7.44. The van der Waals surface area contributed by atoms with E-state index in [0.29, 0.717) is 28.4 Å². The van der Waals surface area contributed by atoms with Gasteiger partial charge in [0.15, 0.2) is 0 Å². The van der Waals surface area contributed by atoms with Crippen LogP contribution in [0.2, 0.25) is 0 Å². The van der Waals surface area contributed by atoms with Crippen molar-refractivity contribution in [2.75, 3.05) is 16.0 Å². The molecule has 3 amide bonds. The van der Waals surface area contributed by atoms with Crippen LogP contribution in [0, 0.1) is 13.8 Å². The maximum Gasteiger partial charge on any atom is 0.323 e. The van der Waals surface area contributed by atoms with E-state index in [-0.39, 0.29) is 11.9 Å². The monoisotopic (exact) mass is 428 g/mol. The molecule has 0 aliphatic carbocycles. The largest absolute Gasteiger partial charge is 0.323 e. The molecule has 4 rings (SSSR count). The van der Waals surface area contributed by atoms with Crippen LogP contribution in [0.15, 0.2) is 72.9 Å². The second kappa shape index (κ2) is 8.81. The van der Waals surface area contributed by atoms with E-state index in [1.807, 2.05) is 48.7 Å². The van der Waals surface area contributed by atoms with Crippen molar-refractivity contribution in [3.63, 3.8) is 0 Å². The Morgan fingerprint density at radius 2 is 1.38 bits per heavy atom. The number of aryl methyl sites for hydroxylation is 3. The summed E-state index contributed by atoms with van der Waals surface area (Å²) in [6, 6.07) is 19.8. The van der Waals surface area contributed by atoms with Crippen molar-refractivity contribution in [2.45, 2.75) is 13.8 Å². The number of rotatable bonds is 5. The minimum Gasteiger partial charge on any atom is -0.322 e. The summed E-state index contributed by atoms with van der Waals surface area (Å²) < 4.78 is 3.68. The number of anilines is 3. The lowest BCUT2D eigenvalue weighted by Gasteiger charge is -2.13. The Balaban J connectivity index is 1.50. The van der Waals surface area contributed by atoms with Gasteiger partial charge in [0, 0.05) is 35.5 Å². The number of para-hydroxylation sites is 1. The summed E-state index contributed by atoms with van der Waals surface area (Å²) in [7, 11) is 1.81. The zero-order valence-corrected chi connectivity index (χ0v) is 18.1. The van der Waals surface area contributed by atoms with Gasteiger partial charge in [-0.15, -0.1) is 0 Å². The molecule has 162 valence electrons. The predicted octanol–water partition coefficient (Wildman–Crippen LogP) is 4.72. The predicted molar refractivity (Wildman–Crippen MR) is 125 cm³/mol. The van der Waals surface area contributed by atoms with Crippen LogP contribution in [0.4, 0.5) is 21.9 Å². The van der Waals surface area contributed by atoms with Crippen LogP contribution in [0.3, 0.4) is 0 Å². The standard InChI is InChI=1S/C24H24N6O2/c1-16-12-13-17(2)30(16)23-21(15-25-29(23)3)22(31)26-19-10-7-11-20(14-19)28-24(32)27-18-8-5-4-6-9-18/h4-15H,1-3H3,(H,26,31)(H2,27,28,32). The topological polar surface area (TPSA) is 93.0 Å². The van der Waals surface area contributed by atoms with Crippen molar-refractivity contribution in [3.05, 3.63) is 89.9 Å². The zero-order valence-electron chi connectivity index (χ0n) is 18.1. The first-order chi connectivity index (χ1) is 15.4. The third-order valence-electron chi connectivity index (χ3n) is 5.05. The van der Waals surface area contributed by atoms with E-state index < -0.39 is 0 Å². The van der Waals surface area contributed by atoms with E-state index >= 15 is 0 Å². The average Bonchev–Trinajstić information content (AvgIpc) is 3.30. The number of hydrogen-bond acceptors (Lipinski definition) is 3. The minimum atomic E-state index is -0.368. The number of carbonyl (C=O) groups excluding carboxylic acids is 2. The van der Waals surface area contributed by atoms with Crippen molar-refractivity contribution >= 4 is 29.0 Å². The average molecular weight is 428 g/mol. The Bertz CT molecular complexity index is 1250. The molecule has 2 aromatic heterocycles. The van der Waals surface area contributed by atoms with E-state index in [9.17, 15) is 9.59 Å². The number of carbonyl (C=O) groups is 2. The molecular weight excluding hydrogens is 404 g/mol. The molecule has 32 heavy (non-hydrogen) atoms. The fourth-order valence-electron chi connectivity index (χ4n) is 3.55. The van der Waals surface area contributed by atoms with Crippen molar-refractivity contribution in [1.29, 1.82) is 0 Å². The smallest absolute Gasteiger partial charge is 0.322 e. The van der Waals surface area contributed by atoms with Crippen molar-refractivity contribution < 1.29 is 9.59 Å². The van der Waals surface area contributed by atoms with Crippen LogP contribution in [0.1, 0.15) is 21.7 Å². The lowest BCUT2D eigenvalue weighted by molar-refractivity contribution is 0.102. The maximum absolute atomic E-state index is 13.1. The molecule has 0 spiro atoms. The van der Waals surface area contributed by atoms with Crippen LogP contribution in [-0.4, -0.2) is 26.3 Å². The fraction of sp³-hybridized carbons (Fsp3) is 0.125. The molecule has 0 fully saturated rings. The highest BCUT2D eigenvalue weighted by Gasteiger charge is 2.20. The van der Waals surface area contributed by atoms with Gasteiger partial charge in [-0.25, -0.2) is 4.79 Å². The van der Waals surface area contributed by atoms with Gasteiger partial charge in [0.05, 0.1) is 6.20 Å². The summed E-state index contributed by atoms with van der Waals surface area (Å²) >= 11 is 0. The molecular formula is C24H24N6O2. The number of benzene rings is 2. The van der Waals surface area contributed by atoms with Gasteiger partial charge in [0.25, 0.3) is 5.91 Å². The van der Waals surface area contributed by atoms with Gasteiger partial charge < -0.3 is 20.5 Å². The Kier molecular flexibility index (Phi) is 5.76. The summed E-state index contributed by atoms with van der Waals surface area (Å²) in [4.78, 5) is 25.3. The van der Waals surface area contributed by atoms with Gasteiger partial charge in [-0.05, 0) is 56.3 Å². The Morgan fingerprint density at radius 3 is 2.06 bits per heavy atom. The van der Waals surface area contributed by atoms with Crippen LogP contribution < -0.4 is 16.0 Å². The molecule has 0 bridgehead atoms. The third kappa shape index (κ3) is 4.39. The third-order valence-corrected chi connectivity index (χ3v) is 5.05. The molecule has 8 heteroatoms. The molecule has 0 atom stereocenters. The Morgan fingerprint density at radius 1 is 0.781 bits per heavy atom. The highest BCUT2D eigenvalue weighted by molar-refractivity contribution is 6.07. The van der Waals surface area contributed by atoms with E-state index in [1.54, 1.807) is 54.3 Å². The summed E-state index contributed by atoms with van der Waals surface area (Å²) in [5.74, 6) is 0.408. The maximum atomic E-state index is 13.1. The first kappa shape index (κ1) is 20.9. The zero-order chi connectivity index (χ0) is 22.7. The van der Waals surface area contributed by atoms with E-state index in [4.69, 9.17) is 0 Å². The number of urea groups is 1. The van der Waals surface area contributed by atoms with Crippen molar-refractivity contribution in [1.82, 2.24) is 14.3 Å². The molecule has 0 saturated heterocycles. The fourth-order valence-corrected chi connectivity index (χ4v) is 3.55. The van der Waals surface area contributed by atoms with Crippen LogP contribution >= 0.6 is 0 Å². The van der Waals surface area contributed by atoms with E-state index in [0.717, 1.165) is 11.4 Å². The normalized spacial score (nSPS) is 10.6.